The van der Waals surface area contributed by atoms with Crippen LogP contribution in [0.3, 0.4) is 0 Å². The molecule has 168 valence electrons. The summed E-state index contributed by atoms with van der Waals surface area (Å²) in [6, 6.07) is 8.10. The van der Waals surface area contributed by atoms with Crippen LogP contribution in [0.2, 0.25) is 0 Å². The molecule has 0 radical (unpaired) electrons. The van der Waals surface area contributed by atoms with Gasteiger partial charge in [0.25, 0.3) is 0 Å². The molecule has 0 aromatic heterocycles. The predicted octanol–water partition coefficient (Wildman–Crippen LogP) is 0.804. The summed E-state index contributed by atoms with van der Waals surface area (Å²) in [5.74, 6) is -0.258. The molecule has 0 aliphatic heterocycles. The Labute approximate surface area is 180 Å². The minimum atomic E-state index is -4.41. The van der Waals surface area contributed by atoms with Crippen molar-refractivity contribution in [2.24, 2.45) is 0 Å². The summed E-state index contributed by atoms with van der Waals surface area (Å²) in [4.78, 5) is 25.9. The van der Waals surface area contributed by atoms with Gasteiger partial charge in [-0.05, 0) is 18.2 Å². The van der Waals surface area contributed by atoms with Gasteiger partial charge in [-0.15, -0.1) is 0 Å². The second-order valence-electron chi connectivity index (χ2n) is 7.77. The Hall–Kier alpha value is -2.99. The van der Waals surface area contributed by atoms with E-state index in [0.717, 1.165) is 18.1 Å². The van der Waals surface area contributed by atoms with Crippen LogP contribution in [-0.2, 0) is 14.6 Å². The standard InChI is InChI=1S/C19H21N3O3.CH4O4S/c1-22(2,3)9-10-25-14-8-7-13(21)16-17(14)19(24)15-11(18(16)23)5-4-6-12(15)20;1-5-6(2,3)4/h4-8H,9-10H2,1-3H3,(H3-,20,21,23,24);1H3,(H,2,3,4). The maximum atomic E-state index is 13.0. The molecule has 0 atom stereocenters. The third kappa shape index (κ3) is 5.79. The highest BCUT2D eigenvalue weighted by Gasteiger charge is 2.35. The van der Waals surface area contributed by atoms with Crippen molar-refractivity contribution in [2.45, 2.75) is 0 Å². The Morgan fingerprint density at radius 3 is 2.06 bits per heavy atom. The van der Waals surface area contributed by atoms with E-state index < -0.39 is 10.4 Å². The van der Waals surface area contributed by atoms with Gasteiger partial charge in [0.15, 0.2) is 11.6 Å². The summed E-state index contributed by atoms with van der Waals surface area (Å²) in [5.41, 5.74) is 13.4. The number of hydrogen-bond acceptors (Lipinski definition) is 9. The fraction of sp³-hybridized carbons (Fsp3) is 0.300. The lowest BCUT2D eigenvalue weighted by Crippen LogP contribution is -2.38. The van der Waals surface area contributed by atoms with Crippen molar-refractivity contribution in [3.05, 3.63) is 52.6 Å². The van der Waals surface area contributed by atoms with Crippen LogP contribution in [0, 0.1) is 0 Å². The Kier molecular flexibility index (Phi) is 7.06. The molecule has 3 rings (SSSR count). The summed E-state index contributed by atoms with van der Waals surface area (Å²) in [6.07, 6.45) is 0. The van der Waals surface area contributed by atoms with Crippen molar-refractivity contribution < 1.29 is 36.0 Å². The molecule has 2 aromatic carbocycles. The van der Waals surface area contributed by atoms with Crippen LogP contribution in [0.1, 0.15) is 31.8 Å². The first-order chi connectivity index (χ1) is 14.3. The highest BCUT2D eigenvalue weighted by molar-refractivity contribution is 7.80. The highest BCUT2D eigenvalue weighted by Crippen LogP contribution is 2.38. The minimum Gasteiger partial charge on any atom is -0.726 e. The normalized spacial score (nSPS) is 13.1. The lowest BCUT2D eigenvalue weighted by atomic mass is 9.82. The van der Waals surface area contributed by atoms with E-state index in [1.807, 2.05) is 21.1 Å². The van der Waals surface area contributed by atoms with E-state index >= 15 is 0 Å². The van der Waals surface area contributed by atoms with Gasteiger partial charge in [-0.2, -0.15) is 0 Å². The number of rotatable bonds is 5. The Balaban J connectivity index is 0.000000501. The molecule has 1 aliphatic carbocycles. The van der Waals surface area contributed by atoms with Gasteiger partial charge in [0.05, 0.1) is 44.9 Å². The first-order valence-electron chi connectivity index (χ1n) is 9.12. The van der Waals surface area contributed by atoms with Gasteiger partial charge < -0.3 is 25.2 Å². The van der Waals surface area contributed by atoms with Crippen LogP contribution >= 0.6 is 0 Å². The van der Waals surface area contributed by atoms with Crippen LogP contribution in [-0.4, -0.2) is 70.4 Å². The molecular formula is C20H25N3O7S. The molecule has 2 aromatic rings. The van der Waals surface area contributed by atoms with E-state index in [4.69, 9.17) is 16.2 Å². The van der Waals surface area contributed by atoms with Gasteiger partial charge >= 0.3 is 0 Å². The molecule has 0 heterocycles. The summed E-state index contributed by atoms with van der Waals surface area (Å²) in [6.45, 7) is 1.17. The van der Waals surface area contributed by atoms with Crippen molar-refractivity contribution >= 4 is 33.3 Å². The van der Waals surface area contributed by atoms with E-state index in [2.05, 4.69) is 4.18 Å². The van der Waals surface area contributed by atoms with E-state index in [9.17, 15) is 22.6 Å². The maximum absolute atomic E-state index is 13.0. The SMILES string of the molecule is COS(=O)(=O)[O-].C[N+](C)(C)CCOc1ccc(N)c2c1C(=O)c1c(N)cccc1C2=O. The number of fused-ring (bicyclic) bond motifs is 2. The molecule has 31 heavy (non-hydrogen) atoms. The molecule has 11 heteroatoms. The predicted molar refractivity (Wildman–Crippen MR) is 114 cm³/mol. The number of nitrogens with zero attached hydrogens (tertiary/aromatic N) is 1. The fourth-order valence-electron chi connectivity index (χ4n) is 2.89. The van der Waals surface area contributed by atoms with Crippen LogP contribution < -0.4 is 16.2 Å². The first-order valence-corrected chi connectivity index (χ1v) is 10.4. The van der Waals surface area contributed by atoms with Gasteiger partial charge in [-0.25, -0.2) is 8.42 Å². The van der Waals surface area contributed by atoms with E-state index in [0.29, 0.717) is 12.4 Å². The molecule has 1 aliphatic rings. The number of ketones is 2. The molecule has 0 saturated carbocycles. The smallest absolute Gasteiger partial charge is 0.217 e. The van der Waals surface area contributed by atoms with Crippen LogP contribution in [0.5, 0.6) is 5.75 Å². The lowest BCUT2D eigenvalue weighted by molar-refractivity contribution is -0.870. The number of anilines is 2. The Bertz CT molecular complexity index is 1120. The third-order valence-electron chi connectivity index (χ3n) is 4.45. The summed E-state index contributed by atoms with van der Waals surface area (Å²) >= 11 is 0. The van der Waals surface area contributed by atoms with Crippen LogP contribution in [0.15, 0.2) is 30.3 Å². The van der Waals surface area contributed by atoms with Crippen molar-refractivity contribution in [3.8, 4) is 5.75 Å². The molecule has 0 unspecified atom stereocenters. The zero-order valence-electron chi connectivity index (χ0n) is 17.7. The van der Waals surface area contributed by atoms with Gasteiger partial charge in [0.2, 0.25) is 10.4 Å². The number of benzene rings is 2. The first kappa shape index (κ1) is 24.3. The molecule has 10 nitrogen and oxygen atoms in total. The van der Waals surface area contributed by atoms with Gasteiger partial charge in [-0.1, -0.05) is 12.1 Å². The number of hydrogen-bond donors (Lipinski definition) is 2. The zero-order chi connectivity index (χ0) is 23.6. The third-order valence-corrected chi connectivity index (χ3v) is 4.85. The second kappa shape index (κ2) is 9.02. The van der Waals surface area contributed by atoms with E-state index in [1.165, 1.54) is 0 Å². The molecule has 0 amide bonds. The summed E-state index contributed by atoms with van der Waals surface area (Å²) in [5, 5.41) is 0. The average Bonchev–Trinajstić information content (AvgIpc) is 2.66. The lowest BCUT2D eigenvalue weighted by Gasteiger charge is -2.25. The number of likely N-dealkylation sites (N-methyl/N-ethyl adjacent to an activating group) is 1. The van der Waals surface area contributed by atoms with Gasteiger partial charge in [0, 0.05) is 16.9 Å². The number of quaternary nitrogens is 1. The average molecular weight is 452 g/mol. The monoisotopic (exact) mass is 451 g/mol. The van der Waals surface area contributed by atoms with E-state index in [-0.39, 0.29) is 45.2 Å². The van der Waals surface area contributed by atoms with Crippen molar-refractivity contribution in [3.63, 3.8) is 0 Å². The van der Waals surface area contributed by atoms with Crippen LogP contribution in [0.4, 0.5) is 11.4 Å². The molecule has 0 bridgehead atoms. The molecule has 0 saturated heterocycles. The molecule has 4 N–H and O–H groups in total. The largest absolute Gasteiger partial charge is 0.726 e. The van der Waals surface area contributed by atoms with Crippen molar-refractivity contribution in [1.82, 2.24) is 0 Å². The topological polar surface area (TPSA) is 162 Å². The molecule has 0 fully saturated rings. The minimum absolute atomic E-state index is 0.200. The zero-order valence-corrected chi connectivity index (χ0v) is 18.5. The number of carbonyl (C=O) groups is 2. The van der Waals surface area contributed by atoms with Crippen molar-refractivity contribution in [1.29, 1.82) is 0 Å². The molecule has 0 spiro atoms. The number of carbonyl (C=O) groups excluding carboxylic acids is 2. The highest BCUT2D eigenvalue weighted by atomic mass is 32.3. The van der Waals surface area contributed by atoms with Gasteiger partial charge in [-0.3, -0.25) is 13.8 Å². The van der Waals surface area contributed by atoms with E-state index in [1.54, 1.807) is 30.3 Å². The number of nitrogens with two attached hydrogens (primary N) is 2. The second-order valence-corrected chi connectivity index (χ2v) is 8.92. The summed E-state index contributed by atoms with van der Waals surface area (Å²) in [7, 11) is 2.54. The van der Waals surface area contributed by atoms with Gasteiger partial charge in [0.1, 0.15) is 18.9 Å². The number of nitrogen functional groups attached to an aromatic ring is 2. The van der Waals surface area contributed by atoms with Crippen molar-refractivity contribution in [2.75, 3.05) is 52.9 Å². The Morgan fingerprint density at radius 2 is 1.52 bits per heavy atom. The Morgan fingerprint density at radius 1 is 0.935 bits per heavy atom. The molecular weight excluding hydrogens is 426 g/mol. The fourth-order valence-corrected chi connectivity index (χ4v) is 2.89. The number of ether oxygens (including phenoxy) is 1. The van der Waals surface area contributed by atoms with Crippen LogP contribution in [0.25, 0.3) is 0 Å². The maximum Gasteiger partial charge on any atom is 0.217 e. The quantitative estimate of drug-likeness (QED) is 0.247. The summed E-state index contributed by atoms with van der Waals surface area (Å²) < 4.78 is 37.6.